The molecular formula is C12H12F3NO3. The Morgan fingerprint density at radius 1 is 1.16 bits per heavy atom. The number of nitrogens with zero attached hydrogens (tertiary/aromatic N) is 1. The van der Waals surface area contributed by atoms with Crippen LogP contribution in [-0.4, -0.2) is 26.2 Å². The van der Waals surface area contributed by atoms with Crippen molar-refractivity contribution < 1.29 is 27.4 Å². The molecule has 0 atom stereocenters. The van der Waals surface area contributed by atoms with Crippen molar-refractivity contribution in [2.45, 2.75) is 13.3 Å². The normalized spacial score (nSPS) is 10.9. The Kier molecular flexibility index (Phi) is 5.45. The molecule has 0 aromatic heterocycles. The number of rotatable bonds is 6. The van der Waals surface area contributed by atoms with Gasteiger partial charge in [-0.15, -0.1) is 13.2 Å². The van der Waals surface area contributed by atoms with Gasteiger partial charge in [0, 0.05) is 6.07 Å². The van der Waals surface area contributed by atoms with E-state index in [0.29, 0.717) is 17.9 Å². The van der Waals surface area contributed by atoms with Crippen molar-refractivity contribution in [1.82, 2.24) is 0 Å². The molecule has 0 saturated carbocycles. The summed E-state index contributed by atoms with van der Waals surface area (Å²) in [5, 5.41) is 8.73. The van der Waals surface area contributed by atoms with Gasteiger partial charge in [-0.2, -0.15) is 5.26 Å². The Morgan fingerprint density at radius 3 is 2.47 bits per heavy atom. The van der Waals surface area contributed by atoms with E-state index in [0.717, 1.165) is 0 Å². The zero-order valence-corrected chi connectivity index (χ0v) is 10.2. The average Bonchev–Trinajstić information content (AvgIpc) is 2.35. The predicted molar refractivity (Wildman–Crippen MR) is 59.8 cm³/mol. The molecule has 0 N–H and O–H groups in total. The van der Waals surface area contributed by atoms with E-state index in [4.69, 9.17) is 14.7 Å². The SMILES string of the molecule is CCOc1cc(C#N)ccc1OCCOC(F)(F)F. The minimum absolute atomic E-state index is 0.270. The van der Waals surface area contributed by atoms with Crippen LogP contribution in [0.2, 0.25) is 0 Å². The molecule has 0 radical (unpaired) electrons. The van der Waals surface area contributed by atoms with Gasteiger partial charge in [0.1, 0.15) is 6.61 Å². The summed E-state index contributed by atoms with van der Waals surface area (Å²) in [6, 6.07) is 6.35. The number of hydrogen-bond donors (Lipinski definition) is 0. The first kappa shape index (κ1) is 15.1. The summed E-state index contributed by atoms with van der Waals surface area (Å²) < 4.78 is 49.2. The predicted octanol–water partition coefficient (Wildman–Crippen LogP) is 2.87. The second kappa shape index (κ2) is 6.85. The zero-order chi connectivity index (χ0) is 14.3. The Labute approximate surface area is 108 Å². The van der Waals surface area contributed by atoms with Gasteiger partial charge in [-0.1, -0.05) is 0 Å². The molecule has 104 valence electrons. The highest BCUT2D eigenvalue weighted by Crippen LogP contribution is 2.28. The fourth-order valence-electron chi connectivity index (χ4n) is 1.27. The van der Waals surface area contributed by atoms with Crippen LogP contribution in [0.3, 0.4) is 0 Å². The summed E-state index contributed by atoms with van der Waals surface area (Å²) in [5.74, 6) is 0.584. The van der Waals surface area contributed by atoms with Crippen molar-refractivity contribution >= 4 is 0 Å². The molecule has 0 fully saturated rings. The number of nitriles is 1. The molecule has 4 nitrogen and oxygen atoms in total. The molecule has 0 spiro atoms. The van der Waals surface area contributed by atoms with Gasteiger partial charge < -0.3 is 9.47 Å². The summed E-state index contributed by atoms with van der Waals surface area (Å²) in [4.78, 5) is 0. The molecule has 0 aliphatic rings. The molecule has 0 heterocycles. The lowest BCUT2D eigenvalue weighted by Crippen LogP contribution is -2.18. The van der Waals surface area contributed by atoms with Crippen LogP contribution < -0.4 is 9.47 Å². The number of benzene rings is 1. The van der Waals surface area contributed by atoms with Crippen LogP contribution in [0.5, 0.6) is 11.5 Å². The molecule has 19 heavy (non-hydrogen) atoms. The maximum atomic E-state index is 11.7. The first-order valence-corrected chi connectivity index (χ1v) is 5.46. The number of halogens is 3. The van der Waals surface area contributed by atoms with Crippen molar-refractivity contribution in [2.75, 3.05) is 19.8 Å². The molecule has 1 aromatic carbocycles. The minimum Gasteiger partial charge on any atom is -0.490 e. The van der Waals surface area contributed by atoms with E-state index in [1.54, 1.807) is 6.92 Å². The molecule has 0 amide bonds. The first-order valence-electron chi connectivity index (χ1n) is 5.46. The van der Waals surface area contributed by atoms with E-state index in [2.05, 4.69) is 4.74 Å². The van der Waals surface area contributed by atoms with Crippen LogP contribution in [0.4, 0.5) is 13.2 Å². The van der Waals surface area contributed by atoms with Gasteiger partial charge in [0.2, 0.25) is 0 Å². The third kappa shape index (κ3) is 5.48. The molecule has 0 unspecified atom stereocenters. The lowest BCUT2D eigenvalue weighted by Gasteiger charge is -2.12. The zero-order valence-electron chi connectivity index (χ0n) is 10.2. The summed E-state index contributed by atoms with van der Waals surface area (Å²) in [7, 11) is 0. The van der Waals surface area contributed by atoms with Crippen molar-refractivity contribution in [3.63, 3.8) is 0 Å². The van der Waals surface area contributed by atoms with Crippen molar-refractivity contribution in [3.05, 3.63) is 23.8 Å². The Hall–Kier alpha value is -1.94. The van der Waals surface area contributed by atoms with Gasteiger partial charge in [-0.05, 0) is 19.1 Å². The second-order valence-electron chi connectivity index (χ2n) is 3.35. The van der Waals surface area contributed by atoms with E-state index in [1.165, 1.54) is 18.2 Å². The van der Waals surface area contributed by atoms with Crippen molar-refractivity contribution in [2.24, 2.45) is 0 Å². The van der Waals surface area contributed by atoms with Gasteiger partial charge in [-0.3, -0.25) is 4.74 Å². The Morgan fingerprint density at radius 2 is 1.89 bits per heavy atom. The van der Waals surface area contributed by atoms with E-state index in [9.17, 15) is 13.2 Å². The van der Waals surface area contributed by atoms with Crippen molar-refractivity contribution in [1.29, 1.82) is 5.26 Å². The second-order valence-corrected chi connectivity index (χ2v) is 3.35. The molecule has 0 aliphatic heterocycles. The molecule has 0 aliphatic carbocycles. The van der Waals surface area contributed by atoms with Crippen molar-refractivity contribution in [3.8, 4) is 17.6 Å². The van der Waals surface area contributed by atoms with E-state index in [1.807, 2.05) is 6.07 Å². The van der Waals surface area contributed by atoms with Crippen LogP contribution >= 0.6 is 0 Å². The highest BCUT2D eigenvalue weighted by molar-refractivity contribution is 5.46. The molecular weight excluding hydrogens is 263 g/mol. The Bertz CT molecular complexity index is 455. The fourth-order valence-corrected chi connectivity index (χ4v) is 1.27. The third-order valence-electron chi connectivity index (χ3n) is 1.98. The number of alkyl halides is 3. The molecule has 1 rings (SSSR count). The molecule has 0 bridgehead atoms. The largest absolute Gasteiger partial charge is 0.522 e. The number of ether oxygens (including phenoxy) is 3. The monoisotopic (exact) mass is 275 g/mol. The standard InChI is InChI=1S/C12H12F3NO3/c1-2-17-11-7-9(8-16)3-4-10(11)18-5-6-19-12(13,14)15/h3-4,7H,2,5-6H2,1H3. The van der Waals surface area contributed by atoms with Gasteiger partial charge in [0.25, 0.3) is 0 Å². The van der Waals surface area contributed by atoms with Gasteiger partial charge in [0.15, 0.2) is 11.5 Å². The molecule has 1 aromatic rings. The lowest BCUT2D eigenvalue weighted by molar-refractivity contribution is -0.325. The summed E-state index contributed by atoms with van der Waals surface area (Å²) in [6.45, 7) is 1.21. The smallest absolute Gasteiger partial charge is 0.490 e. The first-order chi connectivity index (χ1) is 8.96. The maximum Gasteiger partial charge on any atom is 0.522 e. The van der Waals surface area contributed by atoms with Crippen LogP contribution in [-0.2, 0) is 4.74 Å². The quantitative estimate of drug-likeness (QED) is 0.749. The fraction of sp³-hybridized carbons (Fsp3) is 0.417. The summed E-state index contributed by atoms with van der Waals surface area (Å²) >= 11 is 0. The van der Waals surface area contributed by atoms with Crippen LogP contribution in [0.15, 0.2) is 18.2 Å². The topological polar surface area (TPSA) is 51.5 Å². The maximum absolute atomic E-state index is 11.7. The molecule has 0 saturated heterocycles. The van der Waals surface area contributed by atoms with Gasteiger partial charge in [-0.25, -0.2) is 0 Å². The minimum atomic E-state index is -4.67. The highest BCUT2D eigenvalue weighted by atomic mass is 19.4. The third-order valence-corrected chi connectivity index (χ3v) is 1.98. The van der Waals surface area contributed by atoms with E-state index < -0.39 is 13.0 Å². The lowest BCUT2D eigenvalue weighted by atomic mass is 10.2. The average molecular weight is 275 g/mol. The molecule has 7 heteroatoms. The number of hydrogen-bond acceptors (Lipinski definition) is 4. The summed E-state index contributed by atoms with van der Waals surface area (Å²) in [5.41, 5.74) is 0.377. The van der Waals surface area contributed by atoms with E-state index >= 15 is 0 Å². The van der Waals surface area contributed by atoms with E-state index in [-0.39, 0.29) is 12.4 Å². The van der Waals surface area contributed by atoms with Gasteiger partial charge in [0.05, 0.1) is 24.8 Å². The van der Waals surface area contributed by atoms with Gasteiger partial charge >= 0.3 is 6.36 Å². The van der Waals surface area contributed by atoms with Crippen LogP contribution in [0.1, 0.15) is 12.5 Å². The Balaban J connectivity index is 2.60. The summed E-state index contributed by atoms with van der Waals surface area (Å²) in [6.07, 6.45) is -4.67. The highest BCUT2D eigenvalue weighted by Gasteiger charge is 2.28. The van der Waals surface area contributed by atoms with Crippen LogP contribution in [0.25, 0.3) is 0 Å². The van der Waals surface area contributed by atoms with Crippen LogP contribution in [0, 0.1) is 11.3 Å².